The lowest BCUT2D eigenvalue weighted by Gasteiger charge is -2.08. The van der Waals surface area contributed by atoms with Gasteiger partial charge in [0, 0.05) is 11.8 Å². The van der Waals surface area contributed by atoms with Crippen molar-refractivity contribution in [2.45, 2.75) is 0 Å². The number of rotatable bonds is 3. The summed E-state index contributed by atoms with van der Waals surface area (Å²) in [6.45, 7) is 0. The van der Waals surface area contributed by atoms with E-state index >= 15 is 0 Å². The Hall–Kier alpha value is -2.16. The van der Waals surface area contributed by atoms with E-state index in [2.05, 4.69) is 0 Å². The van der Waals surface area contributed by atoms with E-state index in [1.165, 1.54) is 0 Å². The molecular formula is C14H15NO2. The Morgan fingerprint density at radius 2 is 1.53 bits per heavy atom. The molecule has 0 bridgehead atoms. The van der Waals surface area contributed by atoms with Crippen LogP contribution in [-0.2, 0) is 0 Å². The van der Waals surface area contributed by atoms with E-state index < -0.39 is 0 Å². The van der Waals surface area contributed by atoms with Crippen LogP contribution in [0.15, 0.2) is 42.5 Å². The number of benzene rings is 2. The molecule has 0 unspecified atom stereocenters. The van der Waals surface area contributed by atoms with Crippen LogP contribution in [0.2, 0.25) is 0 Å². The van der Waals surface area contributed by atoms with E-state index in [0.29, 0.717) is 5.69 Å². The molecule has 0 aliphatic rings. The summed E-state index contributed by atoms with van der Waals surface area (Å²) in [7, 11) is 3.28. The Morgan fingerprint density at radius 3 is 2.24 bits per heavy atom. The first kappa shape index (κ1) is 11.3. The number of nitrogens with two attached hydrogens (primary N) is 1. The minimum Gasteiger partial charge on any atom is -0.497 e. The fourth-order valence-electron chi connectivity index (χ4n) is 1.71. The molecule has 0 spiro atoms. The molecule has 0 fully saturated rings. The molecule has 0 heterocycles. The zero-order valence-electron chi connectivity index (χ0n) is 9.94. The van der Waals surface area contributed by atoms with Gasteiger partial charge in [0.25, 0.3) is 0 Å². The highest BCUT2D eigenvalue weighted by Crippen LogP contribution is 2.29. The van der Waals surface area contributed by atoms with E-state index in [1.54, 1.807) is 20.3 Å². The predicted octanol–water partition coefficient (Wildman–Crippen LogP) is 2.95. The third kappa shape index (κ3) is 2.50. The summed E-state index contributed by atoms with van der Waals surface area (Å²) in [4.78, 5) is 0. The van der Waals surface area contributed by atoms with E-state index in [9.17, 15) is 0 Å². The first-order chi connectivity index (χ1) is 8.22. The van der Waals surface area contributed by atoms with Crippen LogP contribution in [0.3, 0.4) is 0 Å². The largest absolute Gasteiger partial charge is 0.497 e. The molecule has 0 atom stereocenters. The molecular weight excluding hydrogens is 214 g/mol. The van der Waals surface area contributed by atoms with Crippen molar-refractivity contribution in [3.05, 3.63) is 42.5 Å². The smallest absolute Gasteiger partial charge is 0.121 e. The summed E-state index contributed by atoms with van der Waals surface area (Å²) in [6, 6.07) is 13.5. The molecule has 3 heteroatoms. The molecule has 88 valence electrons. The second-order valence-corrected chi connectivity index (χ2v) is 3.73. The predicted molar refractivity (Wildman–Crippen MR) is 69.4 cm³/mol. The Kier molecular flexibility index (Phi) is 3.19. The van der Waals surface area contributed by atoms with Gasteiger partial charge in [-0.05, 0) is 35.4 Å². The van der Waals surface area contributed by atoms with Crippen LogP contribution in [0.4, 0.5) is 5.69 Å². The van der Waals surface area contributed by atoms with Gasteiger partial charge in [0.05, 0.1) is 14.2 Å². The Morgan fingerprint density at radius 1 is 0.824 bits per heavy atom. The fraction of sp³-hybridized carbons (Fsp3) is 0.143. The van der Waals surface area contributed by atoms with Crippen molar-refractivity contribution < 1.29 is 9.47 Å². The highest BCUT2D eigenvalue weighted by molar-refractivity contribution is 5.70. The van der Waals surface area contributed by atoms with Gasteiger partial charge in [-0.1, -0.05) is 12.1 Å². The summed E-state index contributed by atoms with van der Waals surface area (Å²) in [6.07, 6.45) is 0. The average Bonchev–Trinajstić information content (AvgIpc) is 2.38. The van der Waals surface area contributed by atoms with Crippen LogP contribution in [0, 0.1) is 0 Å². The van der Waals surface area contributed by atoms with Crippen LogP contribution in [0.1, 0.15) is 0 Å². The second kappa shape index (κ2) is 4.78. The van der Waals surface area contributed by atoms with Gasteiger partial charge in [-0.2, -0.15) is 0 Å². The zero-order valence-corrected chi connectivity index (χ0v) is 9.94. The van der Waals surface area contributed by atoms with Crippen LogP contribution >= 0.6 is 0 Å². The van der Waals surface area contributed by atoms with Crippen LogP contribution in [0.5, 0.6) is 11.5 Å². The fourth-order valence-corrected chi connectivity index (χ4v) is 1.71. The average molecular weight is 229 g/mol. The molecule has 2 N–H and O–H groups in total. The maximum Gasteiger partial charge on any atom is 0.121 e. The van der Waals surface area contributed by atoms with Gasteiger partial charge in [-0.25, -0.2) is 0 Å². The van der Waals surface area contributed by atoms with Crippen molar-refractivity contribution >= 4 is 5.69 Å². The standard InChI is InChI=1S/C14H15NO2/c1-16-13-5-3-4-10(7-13)11-6-12(15)9-14(8-11)17-2/h3-9H,15H2,1-2H3. The van der Waals surface area contributed by atoms with Gasteiger partial charge in [-0.15, -0.1) is 0 Å². The third-order valence-corrected chi connectivity index (χ3v) is 2.57. The number of anilines is 1. The molecule has 0 saturated heterocycles. The van der Waals surface area contributed by atoms with Gasteiger partial charge in [0.15, 0.2) is 0 Å². The summed E-state index contributed by atoms with van der Waals surface area (Å²) >= 11 is 0. The van der Waals surface area contributed by atoms with Crippen molar-refractivity contribution in [3.8, 4) is 22.6 Å². The minimum atomic E-state index is 0.683. The number of hydrogen-bond acceptors (Lipinski definition) is 3. The van der Waals surface area contributed by atoms with Crippen LogP contribution < -0.4 is 15.2 Å². The Labute approximate surface area is 101 Å². The monoisotopic (exact) mass is 229 g/mol. The van der Waals surface area contributed by atoms with Gasteiger partial charge in [-0.3, -0.25) is 0 Å². The second-order valence-electron chi connectivity index (χ2n) is 3.73. The molecule has 17 heavy (non-hydrogen) atoms. The SMILES string of the molecule is COc1cccc(-c2cc(N)cc(OC)c2)c1. The molecule has 0 aliphatic heterocycles. The molecule has 0 saturated carbocycles. The van der Waals surface area contributed by atoms with Gasteiger partial charge < -0.3 is 15.2 Å². The molecule has 0 aromatic heterocycles. The Balaban J connectivity index is 2.47. The van der Waals surface area contributed by atoms with Crippen molar-refractivity contribution in [1.29, 1.82) is 0 Å². The van der Waals surface area contributed by atoms with Crippen molar-refractivity contribution in [3.63, 3.8) is 0 Å². The molecule has 2 aromatic rings. The van der Waals surface area contributed by atoms with E-state index in [4.69, 9.17) is 15.2 Å². The lowest BCUT2D eigenvalue weighted by molar-refractivity contribution is 0.414. The number of ether oxygens (including phenoxy) is 2. The lowest BCUT2D eigenvalue weighted by Crippen LogP contribution is -1.90. The molecule has 0 radical (unpaired) electrons. The van der Waals surface area contributed by atoms with E-state index in [0.717, 1.165) is 22.6 Å². The van der Waals surface area contributed by atoms with Gasteiger partial charge >= 0.3 is 0 Å². The minimum absolute atomic E-state index is 0.683. The topological polar surface area (TPSA) is 44.5 Å². The molecule has 2 aromatic carbocycles. The van der Waals surface area contributed by atoms with Crippen molar-refractivity contribution in [2.24, 2.45) is 0 Å². The summed E-state index contributed by atoms with van der Waals surface area (Å²) in [5, 5.41) is 0. The van der Waals surface area contributed by atoms with Crippen LogP contribution in [-0.4, -0.2) is 14.2 Å². The van der Waals surface area contributed by atoms with Gasteiger partial charge in [0.1, 0.15) is 11.5 Å². The highest BCUT2D eigenvalue weighted by Gasteiger charge is 2.03. The summed E-state index contributed by atoms with van der Waals surface area (Å²) in [5.41, 5.74) is 8.58. The van der Waals surface area contributed by atoms with Crippen LogP contribution in [0.25, 0.3) is 11.1 Å². The van der Waals surface area contributed by atoms with Crippen molar-refractivity contribution in [2.75, 3.05) is 20.0 Å². The van der Waals surface area contributed by atoms with Gasteiger partial charge in [0.2, 0.25) is 0 Å². The first-order valence-corrected chi connectivity index (χ1v) is 5.32. The normalized spacial score (nSPS) is 10.0. The van der Waals surface area contributed by atoms with Crippen molar-refractivity contribution in [1.82, 2.24) is 0 Å². The highest BCUT2D eigenvalue weighted by atomic mass is 16.5. The summed E-state index contributed by atoms with van der Waals surface area (Å²) in [5.74, 6) is 1.58. The quantitative estimate of drug-likeness (QED) is 0.823. The first-order valence-electron chi connectivity index (χ1n) is 5.32. The molecule has 0 amide bonds. The number of methoxy groups -OCH3 is 2. The summed E-state index contributed by atoms with van der Waals surface area (Å²) < 4.78 is 10.4. The maximum absolute atomic E-state index is 5.83. The Bertz CT molecular complexity index is 523. The maximum atomic E-state index is 5.83. The van der Waals surface area contributed by atoms with E-state index in [1.807, 2.05) is 36.4 Å². The third-order valence-electron chi connectivity index (χ3n) is 2.57. The molecule has 0 aliphatic carbocycles. The lowest BCUT2D eigenvalue weighted by atomic mass is 10.0. The number of hydrogen-bond donors (Lipinski definition) is 1. The van der Waals surface area contributed by atoms with E-state index in [-0.39, 0.29) is 0 Å². The number of nitrogen functional groups attached to an aromatic ring is 1. The zero-order chi connectivity index (χ0) is 12.3. The molecule has 3 nitrogen and oxygen atoms in total. The molecule has 2 rings (SSSR count).